The van der Waals surface area contributed by atoms with Gasteiger partial charge >= 0.3 is 0 Å². The van der Waals surface area contributed by atoms with E-state index in [1.165, 1.54) is 4.90 Å². The van der Waals surface area contributed by atoms with E-state index in [1.54, 1.807) is 28.0 Å². The maximum Gasteiger partial charge on any atom is 0.246 e. The topological polar surface area (TPSA) is 104 Å². The molecule has 0 aliphatic carbocycles. The number of carbonyl (C=O) groups is 4. The third-order valence-electron chi connectivity index (χ3n) is 8.39. The van der Waals surface area contributed by atoms with Crippen molar-refractivity contribution in [2.45, 2.75) is 51.5 Å². The SMILES string of the molecule is CC(C)CCN1CC(=O)N(CCC(c2ccccc2)c2ccccc2)C(CC(=O)N(CCc2ccc(Cl)cc2Cl)CC(N)=O)C1=O. The lowest BCUT2D eigenvalue weighted by Crippen LogP contribution is -2.61. The molecule has 46 heavy (non-hydrogen) atoms. The number of amides is 4. The second-order valence-electron chi connectivity index (χ2n) is 12.2. The van der Waals surface area contributed by atoms with Crippen LogP contribution in [0.15, 0.2) is 78.9 Å². The van der Waals surface area contributed by atoms with Gasteiger partial charge in [0.25, 0.3) is 0 Å². The summed E-state index contributed by atoms with van der Waals surface area (Å²) in [7, 11) is 0. The van der Waals surface area contributed by atoms with Crippen LogP contribution < -0.4 is 5.73 Å². The molecule has 0 saturated carbocycles. The fourth-order valence-electron chi connectivity index (χ4n) is 5.85. The van der Waals surface area contributed by atoms with Crippen LogP contribution in [0.5, 0.6) is 0 Å². The van der Waals surface area contributed by atoms with Crippen molar-refractivity contribution in [3.63, 3.8) is 0 Å². The first-order valence-corrected chi connectivity index (χ1v) is 16.5. The Bertz CT molecular complexity index is 1460. The van der Waals surface area contributed by atoms with Crippen molar-refractivity contribution in [3.8, 4) is 0 Å². The van der Waals surface area contributed by atoms with Crippen LogP contribution in [0.4, 0.5) is 0 Å². The molecular weight excluding hydrogens is 623 g/mol. The summed E-state index contributed by atoms with van der Waals surface area (Å²) in [6.07, 6.45) is 1.39. The van der Waals surface area contributed by atoms with Crippen LogP contribution in [-0.2, 0) is 25.6 Å². The van der Waals surface area contributed by atoms with Gasteiger partial charge in [-0.2, -0.15) is 0 Å². The van der Waals surface area contributed by atoms with Crippen LogP contribution in [0, 0.1) is 5.92 Å². The number of hydrogen-bond acceptors (Lipinski definition) is 4. The fraction of sp³-hybridized carbons (Fsp3) is 0.389. The smallest absolute Gasteiger partial charge is 0.246 e. The Balaban J connectivity index is 1.58. The minimum atomic E-state index is -0.998. The summed E-state index contributed by atoms with van der Waals surface area (Å²) in [5.41, 5.74) is 8.48. The zero-order valence-corrected chi connectivity index (χ0v) is 27.9. The van der Waals surface area contributed by atoms with Gasteiger partial charge in [-0.05, 0) is 54.0 Å². The number of hydrogen-bond donors (Lipinski definition) is 1. The number of carbonyl (C=O) groups excluding carboxylic acids is 4. The summed E-state index contributed by atoms with van der Waals surface area (Å²) in [6, 6.07) is 24.2. The molecule has 1 aliphatic heterocycles. The average Bonchev–Trinajstić information content (AvgIpc) is 3.02. The Morgan fingerprint density at radius 1 is 0.913 bits per heavy atom. The first-order chi connectivity index (χ1) is 22.0. The minimum absolute atomic E-state index is 0.0175. The van der Waals surface area contributed by atoms with Crippen molar-refractivity contribution in [1.29, 1.82) is 0 Å². The quantitative estimate of drug-likeness (QED) is 0.230. The summed E-state index contributed by atoms with van der Waals surface area (Å²) in [5.74, 6) is -1.25. The van der Waals surface area contributed by atoms with E-state index >= 15 is 0 Å². The Kier molecular flexibility index (Phi) is 12.6. The monoisotopic (exact) mass is 664 g/mol. The van der Waals surface area contributed by atoms with E-state index in [-0.39, 0.29) is 50.3 Å². The first-order valence-electron chi connectivity index (χ1n) is 15.7. The zero-order chi connectivity index (χ0) is 33.2. The van der Waals surface area contributed by atoms with Crippen LogP contribution >= 0.6 is 23.2 Å². The molecule has 8 nitrogen and oxygen atoms in total. The number of rotatable bonds is 15. The number of nitrogens with two attached hydrogens (primary N) is 1. The highest BCUT2D eigenvalue weighted by Gasteiger charge is 2.41. The summed E-state index contributed by atoms with van der Waals surface area (Å²) in [6.45, 7) is 4.64. The molecule has 1 aliphatic rings. The molecule has 4 amide bonds. The molecule has 244 valence electrons. The van der Waals surface area contributed by atoms with Gasteiger partial charge in [0.1, 0.15) is 6.04 Å². The fourth-order valence-corrected chi connectivity index (χ4v) is 6.35. The molecule has 1 unspecified atom stereocenters. The summed E-state index contributed by atoms with van der Waals surface area (Å²) >= 11 is 12.4. The third kappa shape index (κ3) is 9.56. The van der Waals surface area contributed by atoms with Crippen LogP contribution in [0.3, 0.4) is 0 Å². The van der Waals surface area contributed by atoms with E-state index < -0.39 is 17.9 Å². The molecule has 1 heterocycles. The Morgan fingerprint density at radius 2 is 1.54 bits per heavy atom. The van der Waals surface area contributed by atoms with Gasteiger partial charge in [0.2, 0.25) is 23.6 Å². The van der Waals surface area contributed by atoms with Gasteiger partial charge in [0, 0.05) is 35.6 Å². The normalized spacial score (nSPS) is 15.1. The largest absolute Gasteiger partial charge is 0.368 e. The van der Waals surface area contributed by atoms with Crippen molar-refractivity contribution >= 4 is 46.8 Å². The summed E-state index contributed by atoms with van der Waals surface area (Å²) in [4.78, 5) is 57.9. The van der Waals surface area contributed by atoms with Gasteiger partial charge in [0.15, 0.2) is 0 Å². The molecule has 4 rings (SSSR count). The second kappa shape index (κ2) is 16.6. The highest BCUT2D eigenvalue weighted by molar-refractivity contribution is 6.35. The lowest BCUT2D eigenvalue weighted by atomic mass is 9.88. The minimum Gasteiger partial charge on any atom is -0.368 e. The molecule has 3 aromatic carbocycles. The summed E-state index contributed by atoms with van der Waals surface area (Å²) in [5, 5.41) is 0.938. The standard InChI is InChI=1S/C36H42Cl2N4O4/c1-25(2)15-18-41-24-35(45)42(20-17-30(26-9-5-3-6-10-26)27-11-7-4-8-12-27)32(36(41)46)22-34(44)40(23-33(39)43)19-16-28-13-14-29(37)21-31(28)38/h3-14,21,25,30,32H,15-20,22-24H2,1-2H3,(H2,39,43). The number of nitrogens with zero attached hydrogens (tertiary/aromatic N) is 3. The molecule has 10 heteroatoms. The van der Waals surface area contributed by atoms with Crippen molar-refractivity contribution in [2.24, 2.45) is 11.7 Å². The predicted molar refractivity (Wildman–Crippen MR) is 181 cm³/mol. The lowest BCUT2D eigenvalue weighted by molar-refractivity contribution is -0.158. The van der Waals surface area contributed by atoms with E-state index in [1.807, 2.05) is 36.4 Å². The second-order valence-corrected chi connectivity index (χ2v) is 13.0. The molecule has 2 N–H and O–H groups in total. The molecular formula is C36H42Cl2N4O4. The number of primary amides is 1. The third-order valence-corrected chi connectivity index (χ3v) is 8.98. The predicted octanol–water partition coefficient (Wildman–Crippen LogP) is 5.55. The maximum atomic E-state index is 14.0. The molecule has 1 saturated heterocycles. The van der Waals surface area contributed by atoms with E-state index in [0.717, 1.165) is 23.1 Å². The van der Waals surface area contributed by atoms with Gasteiger partial charge in [0.05, 0.1) is 19.5 Å². The van der Waals surface area contributed by atoms with Gasteiger partial charge in [-0.1, -0.05) is 104 Å². The van der Waals surface area contributed by atoms with Crippen molar-refractivity contribution in [3.05, 3.63) is 106 Å². The number of benzene rings is 3. The first kappa shape index (κ1) is 35.0. The Labute approximate surface area is 281 Å². The van der Waals surface area contributed by atoms with Crippen LogP contribution in [0.2, 0.25) is 10.0 Å². The van der Waals surface area contributed by atoms with Crippen LogP contribution in [-0.4, -0.2) is 77.1 Å². The van der Waals surface area contributed by atoms with E-state index in [0.29, 0.717) is 35.3 Å². The number of halogens is 2. The van der Waals surface area contributed by atoms with Gasteiger partial charge in [-0.3, -0.25) is 19.2 Å². The van der Waals surface area contributed by atoms with Crippen molar-refractivity contribution in [2.75, 3.05) is 32.7 Å². The van der Waals surface area contributed by atoms with Gasteiger partial charge in [-0.15, -0.1) is 0 Å². The van der Waals surface area contributed by atoms with E-state index in [9.17, 15) is 19.2 Å². The number of piperazine rings is 1. The highest BCUT2D eigenvalue weighted by Crippen LogP contribution is 2.30. The Hall–Kier alpha value is -3.88. The highest BCUT2D eigenvalue weighted by atomic mass is 35.5. The van der Waals surface area contributed by atoms with Gasteiger partial charge < -0.3 is 20.4 Å². The molecule has 0 aromatic heterocycles. The molecule has 1 atom stereocenters. The van der Waals surface area contributed by atoms with Crippen molar-refractivity contribution < 1.29 is 19.2 Å². The molecule has 0 radical (unpaired) electrons. The van der Waals surface area contributed by atoms with Crippen molar-refractivity contribution in [1.82, 2.24) is 14.7 Å². The molecule has 1 fully saturated rings. The van der Waals surface area contributed by atoms with E-state index in [2.05, 4.69) is 38.1 Å². The maximum absolute atomic E-state index is 14.0. The Morgan fingerprint density at radius 3 is 2.11 bits per heavy atom. The summed E-state index contributed by atoms with van der Waals surface area (Å²) < 4.78 is 0. The average molecular weight is 666 g/mol. The van der Waals surface area contributed by atoms with Gasteiger partial charge in [-0.25, -0.2) is 0 Å². The zero-order valence-electron chi connectivity index (χ0n) is 26.4. The molecule has 0 spiro atoms. The van der Waals surface area contributed by atoms with Crippen LogP contribution in [0.1, 0.15) is 55.7 Å². The lowest BCUT2D eigenvalue weighted by Gasteiger charge is -2.41. The molecule has 0 bridgehead atoms. The van der Waals surface area contributed by atoms with Crippen LogP contribution in [0.25, 0.3) is 0 Å². The molecule has 3 aromatic rings. The van der Waals surface area contributed by atoms with E-state index in [4.69, 9.17) is 28.9 Å².